The summed E-state index contributed by atoms with van der Waals surface area (Å²) >= 11 is 0. The molecule has 0 radical (unpaired) electrons. The van der Waals surface area contributed by atoms with Gasteiger partial charge in [0.25, 0.3) is 0 Å². The van der Waals surface area contributed by atoms with E-state index in [1.807, 2.05) is 12.1 Å². The van der Waals surface area contributed by atoms with E-state index >= 15 is 0 Å². The standard InChI is InChI=1S/C19H23FN2O2/c1-13-7-14(3-4-17(13)20)8-15-5-6-22(11-15)12-16-9-18(23)19(24-2)10-21-16/h3-4,7,9-10,15H,5-6,8,11-12H2,1-2H3,(H,21,23). The van der Waals surface area contributed by atoms with Gasteiger partial charge in [-0.15, -0.1) is 0 Å². The number of pyridine rings is 1. The number of rotatable bonds is 5. The molecular weight excluding hydrogens is 307 g/mol. The van der Waals surface area contributed by atoms with Crippen LogP contribution in [0.5, 0.6) is 5.75 Å². The zero-order valence-electron chi connectivity index (χ0n) is 14.1. The molecule has 3 rings (SSSR count). The van der Waals surface area contributed by atoms with Crippen molar-refractivity contribution < 1.29 is 9.13 Å². The first-order chi connectivity index (χ1) is 11.5. The number of nitrogens with zero attached hydrogens (tertiary/aromatic N) is 1. The molecule has 4 nitrogen and oxygen atoms in total. The highest BCUT2D eigenvalue weighted by Gasteiger charge is 2.23. The molecule has 1 fully saturated rings. The van der Waals surface area contributed by atoms with Gasteiger partial charge in [0.15, 0.2) is 5.75 Å². The van der Waals surface area contributed by atoms with E-state index in [2.05, 4.69) is 9.88 Å². The SMILES string of the molecule is COc1c[nH]c(CN2CCC(Cc3ccc(F)c(C)c3)C2)cc1=O. The first-order valence-electron chi connectivity index (χ1n) is 8.28. The smallest absolute Gasteiger partial charge is 0.223 e. The van der Waals surface area contributed by atoms with E-state index in [0.29, 0.717) is 17.2 Å². The molecule has 0 saturated carbocycles. The van der Waals surface area contributed by atoms with E-state index < -0.39 is 0 Å². The third-order valence-electron chi connectivity index (χ3n) is 4.67. The molecule has 0 amide bonds. The molecule has 24 heavy (non-hydrogen) atoms. The van der Waals surface area contributed by atoms with Gasteiger partial charge in [-0.25, -0.2) is 4.39 Å². The summed E-state index contributed by atoms with van der Waals surface area (Å²) in [6, 6.07) is 6.99. The molecule has 2 heterocycles. The van der Waals surface area contributed by atoms with Gasteiger partial charge < -0.3 is 9.72 Å². The normalized spacial score (nSPS) is 18.0. The fraction of sp³-hybridized carbons (Fsp3) is 0.421. The summed E-state index contributed by atoms with van der Waals surface area (Å²) in [6.07, 6.45) is 3.71. The minimum absolute atomic E-state index is 0.0937. The molecule has 0 bridgehead atoms. The molecule has 1 N–H and O–H groups in total. The van der Waals surface area contributed by atoms with Crippen LogP contribution in [0.15, 0.2) is 35.3 Å². The fourth-order valence-electron chi connectivity index (χ4n) is 3.38. The van der Waals surface area contributed by atoms with Gasteiger partial charge in [0.2, 0.25) is 5.43 Å². The number of H-pyrrole nitrogens is 1. The van der Waals surface area contributed by atoms with Crippen LogP contribution in [0.1, 0.15) is 23.2 Å². The Labute approximate surface area is 141 Å². The third kappa shape index (κ3) is 3.85. The van der Waals surface area contributed by atoms with Crippen LogP contribution >= 0.6 is 0 Å². The highest BCUT2D eigenvalue weighted by molar-refractivity contribution is 5.24. The molecule has 1 aromatic heterocycles. The van der Waals surface area contributed by atoms with Crippen LogP contribution in [0.25, 0.3) is 0 Å². The van der Waals surface area contributed by atoms with E-state index in [9.17, 15) is 9.18 Å². The van der Waals surface area contributed by atoms with Crippen molar-refractivity contribution in [2.75, 3.05) is 20.2 Å². The largest absolute Gasteiger partial charge is 0.491 e. The first kappa shape index (κ1) is 16.7. The Hall–Kier alpha value is -2.14. The van der Waals surface area contributed by atoms with Crippen LogP contribution in [-0.2, 0) is 13.0 Å². The predicted octanol–water partition coefficient (Wildman–Crippen LogP) is 2.90. The molecule has 5 heteroatoms. The molecule has 1 saturated heterocycles. The van der Waals surface area contributed by atoms with Crippen molar-refractivity contribution in [2.24, 2.45) is 5.92 Å². The number of ether oxygens (including phenoxy) is 1. The van der Waals surface area contributed by atoms with Gasteiger partial charge >= 0.3 is 0 Å². The van der Waals surface area contributed by atoms with Crippen LogP contribution in [0.4, 0.5) is 4.39 Å². The number of halogens is 1. The van der Waals surface area contributed by atoms with Crippen molar-refractivity contribution in [1.82, 2.24) is 9.88 Å². The molecule has 1 aliphatic rings. The number of benzene rings is 1. The van der Waals surface area contributed by atoms with Gasteiger partial charge in [-0.2, -0.15) is 0 Å². The number of nitrogens with one attached hydrogen (secondary N) is 1. The molecule has 1 atom stereocenters. The molecule has 1 unspecified atom stereocenters. The number of aromatic amines is 1. The number of likely N-dealkylation sites (tertiary alicyclic amines) is 1. The van der Waals surface area contributed by atoms with Gasteiger partial charge in [0.1, 0.15) is 5.82 Å². The maximum absolute atomic E-state index is 13.4. The van der Waals surface area contributed by atoms with E-state index in [0.717, 1.165) is 38.2 Å². The average Bonchev–Trinajstić information content (AvgIpc) is 2.98. The molecule has 0 aliphatic carbocycles. The van der Waals surface area contributed by atoms with Gasteiger partial charge in [-0.3, -0.25) is 9.69 Å². The maximum Gasteiger partial charge on any atom is 0.223 e. The van der Waals surface area contributed by atoms with E-state index in [-0.39, 0.29) is 11.2 Å². The second kappa shape index (κ2) is 7.18. The fourth-order valence-corrected chi connectivity index (χ4v) is 3.38. The summed E-state index contributed by atoms with van der Waals surface area (Å²) in [5.74, 6) is 0.764. The quantitative estimate of drug-likeness (QED) is 0.917. The van der Waals surface area contributed by atoms with Gasteiger partial charge in [0.05, 0.1) is 7.11 Å². The summed E-state index contributed by atoms with van der Waals surface area (Å²) in [6.45, 7) is 4.54. The Morgan fingerprint density at radius 1 is 1.38 bits per heavy atom. The molecule has 1 aromatic carbocycles. The van der Waals surface area contributed by atoms with Gasteiger partial charge in [0, 0.05) is 31.0 Å². The van der Waals surface area contributed by atoms with Crippen molar-refractivity contribution in [3.63, 3.8) is 0 Å². The Kier molecular flexibility index (Phi) is 5.00. The van der Waals surface area contributed by atoms with Crippen molar-refractivity contribution in [3.05, 3.63) is 63.3 Å². The second-order valence-corrected chi connectivity index (χ2v) is 6.57. The topological polar surface area (TPSA) is 45.3 Å². The molecular formula is C19H23FN2O2. The lowest BCUT2D eigenvalue weighted by molar-refractivity contribution is 0.312. The third-order valence-corrected chi connectivity index (χ3v) is 4.67. The van der Waals surface area contributed by atoms with E-state index in [4.69, 9.17) is 4.74 Å². The van der Waals surface area contributed by atoms with Crippen molar-refractivity contribution in [1.29, 1.82) is 0 Å². The van der Waals surface area contributed by atoms with Gasteiger partial charge in [-0.1, -0.05) is 12.1 Å². The number of methoxy groups -OCH3 is 1. The highest BCUT2D eigenvalue weighted by Crippen LogP contribution is 2.23. The maximum atomic E-state index is 13.4. The minimum Gasteiger partial charge on any atom is -0.491 e. The first-order valence-corrected chi connectivity index (χ1v) is 8.28. The van der Waals surface area contributed by atoms with Gasteiger partial charge in [-0.05, 0) is 49.4 Å². The predicted molar refractivity (Wildman–Crippen MR) is 91.8 cm³/mol. The molecule has 0 spiro atoms. The lowest BCUT2D eigenvalue weighted by Gasteiger charge is -2.16. The summed E-state index contributed by atoms with van der Waals surface area (Å²) in [5.41, 5.74) is 2.71. The lowest BCUT2D eigenvalue weighted by Crippen LogP contribution is -2.22. The molecule has 128 valence electrons. The van der Waals surface area contributed by atoms with Crippen LogP contribution in [0, 0.1) is 18.7 Å². The molecule has 1 aliphatic heterocycles. The Balaban J connectivity index is 1.58. The number of hydrogen-bond donors (Lipinski definition) is 1. The summed E-state index contributed by atoms with van der Waals surface area (Å²) < 4.78 is 18.3. The summed E-state index contributed by atoms with van der Waals surface area (Å²) in [4.78, 5) is 17.3. The van der Waals surface area contributed by atoms with Crippen molar-refractivity contribution in [2.45, 2.75) is 26.3 Å². The Morgan fingerprint density at radius 3 is 2.92 bits per heavy atom. The monoisotopic (exact) mass is 330 g/mol. The Bertz CT molecular complexity index is 772. The lowest BCUT2D eigenvalue weighted by atomic mass is 9.97. The zero-order valence-corrected chi connectivity index (χ0v) is 14.1. The minimum atomic E-state index is -0.143. The van der Waals surface area contributed by atoms with Crippen molar-refractivity contribution in [3.8, 4) is 5.75 Å². The van der Waals surface area contributed by atoms with Crippen molar-refractivity contribution >= 4 is 0 Å². The van der Waals surface area contributed by atoms with Crippen LogP contribution in [-0.4, -0.2) is 30.1 Å². The van der Waals surface area contributed by atoms with Crippen LogP contribution in [0.2, 0.25) is 0 Å². The zero-order chi connectivity index (χ0) is 17.1. The Morgan fingerprint density at radius 2 is 2.21 bits per heavy atom. The number of aromatic nitrogens is 1. The van der Waals surface area contributed by atoms with E-state index in [1.54, 1.807) is 25.3 Å². The second-order valence-electron chi connectivity index (χ2n) is 6.57. The molecule has 2 aromatic rings. The van der Waals surface area contributed by atoms with Crippen LogP contribution in [0.3, 0.4) is 0 Å². The summed E-state index contributed by atoms with van der Waals surface area (Å²) in [7, 11) is 1.49. The van der Waals surface area contributed by atoms with E-state index in [1.165, 1.54) is 12.7 Å². The number of hydrogen-bond acceptors (Lipinski definition) is 3. The average molecular weight is 330 g/mol. The number of aryl methyl sites for hydroxylation is 1. The van der Waals surface area contributed by atoms with Crippen LogP contribution < -0.4 is 10.2 Å². The highest BCUT2D eigenvalue weighted by atomic mass is 19.1. The summed E-state index contributed by atoms with van der Waals surface area (Å²) in [5, 5.41) is 0.